The molecule has 7 nitrogen and oxygen atoms in total. The molecule has 2 aromatic rings. The highest BCUT2D eigenvalue weighted by molar-refractivity contribution is 5.84. The van der Waals surface area contributed by atoms with Gasteiger partial charge in [0.1, 0.15) is 11.5 Å². The first-order valence-corrected chi connectivity index (χ1v) is 5.03. The number of aromatic carboxylic acids is 1. The maximum Gasteiger partial charge on any atom is 0.358 e. The number of carboxylic acids is 1. The van der Waals surface area contributed by atoms with E-state index in [0.29, 0.717) is 17.2 Å². The maximum atomic E-state index is 10.7. The summed E-state index contributed by atoms with van der Waals surface area (Å²) in [5, 5.41) is 16.0. The molecule has 1 heterocycles. The molecule has 0 unspecified atom stereocenters. The highest BCUT2D eigenvalue weighted by Gasteiger charge is 2.10. The molecule has 2 rings (SSSR count). The maximum absolute atomic E-state index is 10.7. The van der Waals surface area contributed by atoms with Crippen molar-refractivity contribution in [1.82, 2.24) is 15.0 Å². The molecule has 0 fully saturated rings. The third kappa shape index (κ3) is 2.24. The van der Waals surface area contributed by atoms with Crippen LogP contribution in [0.5, 0.6) is 11.5 Å². The molecule has 0 amide bonds. The highest BCUT2D eigenvalue weighted by Crippen LogP contribution is 2.24. The van der Waals surface area contributed by atoms with Crippen LogP contribution in [0.3, 0.4) is 0 Å². The zero-order chi connectivity index (χ0) is 13.1. The summed E-state index contributed by atoms with van der Waals surface area (Å²) in [6.07, 6.45) is 1.32. The van der Waals surface area contributed by atoms with Crippen LogP contribution in [-0.2, 0) is 0 Å². The third-order valence-electron chi connectivity index (χ3n) is 2.31. The predicted molar refractivity (Wildman–Crippen MR) is 61.4 cm³/mol. The van der Waals surface area contributed by atoms with Crippen molar-refractivity contribution in [3.8, 4) is 17.2 Å². The van der Waals surface area contributed by atoms with Crippen molar-refractivity contribution >= 4 is 5.97 Å². The van der Waals surface area contributed by atoms with Crippen molar-refractivity contribution in [2.45, 2.75) is 0 Å². The molecular weight excluding hydrogens is 238 g/mol. The molecule has 94 valence electrons. The molecule has 0 spiro atoms. The zero-order valence-electron chi connectivity index (χ0n) is 9.82. The Balaban J connectivity index is 2.45. The molecule has 0 saturated carbocycles. The Morgan fingerprint density at radius 2 is 1.83 bits per heavy atom. The van der Waals surface area contributed by atoms with Crippen LogP contribution in [0.1, 0.15) is 10.5 Å². The van der Waals surface area contributed by atoms with Gasteiger partial charge in [-0.2, -0.15) is 0 Å². The van der Waals surface area contributed by atoms with E-state index in [1.54, 1.807) is 18.2 Å². The van der Waals surface area contributed by atoms with E-state index >= 15 is 0 Å². The molecule has 0 bridgehead atoms. The highest BCUT2D eigenvalue weighted by atomic mass is 16.5. The molecule has 0 aliphatic heterocycles. The van der Waals surface area contributed by atoms with Crippen molar-refractivity contribution in [2.75, 3.05) is 14.2 Å². The monoisotopic (exact) mass is 249 g/mol. The van der Waals surface area contributed by atoms with Crippen molar-refractivity contribution in [3.05, 3.63) is 30.1 Å². The Bertz CT molecular complexity index is 557. The van der Waals surface area contributed by atoms with E-state index in [-0.39, 0.29) is 5.69 Å². The molecule has 18 heavy (non-hydrogen) atoms. The normalized spacial score (nSPS) is 10.1. The lowest BCUT2D eigenvalue weighted by Crippen LogP contribution is -1.97. The molecule has 0 radical (unpaired) electrons. The summed E-state index contributed by atoms with van der Waals surface area (Å²) in [5.41, 5.74) is 0.475. The number of benzene rings is 1. The summed E-state index contributed by atoms with van der Waals surface area (Å²) >= 11 is 0. The van der Waals surface area contributed by atoms with Gasteiger partial charge >= 0.3 is 5.97 Å². The number of rotatable bonds is 4. The van der Waals surface area contributed by atoms with Crippen LogP contribution in [0.2, 0.25) is 0 Å². The van der Waals surface area contributed by atoms with Crippen LogP contribution in [-0.4, -0.2) is 40.3 Å². The minimum atomic E-state index is -1.13. The van der Waals surface area contributed by atoms with E-state index in [2.05, 4.69) is 10.3 Å². The van der Waals surface area contributed by atoms with E-state index in [1.165, 1.54) is 25.1 Å². The smallest absolute Gasteiger partial charge is 0.358 e. The summed E-state index contributed by atoms with van der Waals surface area (Å²) in [4.78, 5) is 10.7. The average molecular weight is 249 g/mol. The molecule has 0 atom stereocenters. The van der Waals surface area contributed by atoms with E-state index in [4.69, 9.17) is 14.6 Å². The van der Waals surface area contributed by atoms with Gasteiger partial charge < -0.3 is 14.6 Å². The first kappa shape index (κ1) is 11.9. The van der Waals surface area contributed by atoms with Gasteiger partial charge in [-0.15, -0.1) is 5.10 Å². The van der Waals surface area contributed by atoms with Gasteiger partial charge in [-0.05, 0) is 0 Å². The molecule has 1 N–H and O–H groups in total. The fraction of sp³-hybridized carbons (Fsp3) is 0.182. The molecule has 0 aliphatic carbocycles. The summed E-state index contributed by atoms with van der Waals surface area (Å²) in [6, 6.07) is 5.10. The van der Waals surface area contributed by atoms with Gasteiger partial charge in [0.2, 0.25) is 0 Å². The number of nitrogens with zero attached hydrogens (tertiary/aromatic N) is 3. The Morgan fingerprint density at radius 3 is 2.28 bits per heavy atom. The van der Waals surface area contributed by atoms with Crippen molar-refractivity contribution in [1.29, 1.82) is 0 Å². The fourth-order valence-corrected chi connectivity index (χ4v) is 1.41. The second-order valence-corrected chi connectivity index (χ2v) is 3.42. The number of methoxy groups -OCH3 is 2. The van der Waals surface area contributed by atoms with Gasteiger partial charge in [-0.25, -0.2) is 9.48 Å². The van der Waals surface area contributed by atoms with Crippen LogP contribution in [0.15, 0.2) is 24.4 Å². The first-order valence-electron chi connectivity index (χ1n) is 5.03. The van der Waals surface area contributed by atoms with Crippen molar-refractivity contribution in [2.24, 2.45) is 0 Å². The molecule has 0 aliphatic rings. The van der Waals surface area contributed by atoms with Gasteiger partial charge in [-0.3, -0.25) is 0 Å². The van der Waals surface area contributed by atoms with Crippen LogP contribution in [0, 0.1) is 0 Å². The van der Waals surface area contributed by atoms with Gasteiger partial charge in [0.05, 0.1) is 26.1 Å². The van der Waals surface area contributed by atoms with Gasteiger partial charge in [-0.1, -0.05) is 5.21 Å². The minimum Gasteiger partial charge on any atom is -0.497 e. The number of aromatic nitrogens is 3. The zero-order valence-corrected chi connectivity index (χ0v) is 9.82. The molecule has 1 aromatic heterocycles. The van der Waals surface area contributed by atoms with Gasteiger partial charge in [0.25, 0.3) is 0 Å². The largest absolute Gasteiger partial charge is 0.497 e. The lowest BCUT2D eigenvalue weighted by Gasteiger charge is -2.07. The van der Waals surface area contributed by atoms with E-state index in [0.717, 1.165) is 0 Å². The average Bonchev–Trinajstić information content (AvgIpc) is 2.87. The summed E-state index contributed by atoms with van der Waals surface area (Å²) < 4.78 is 11.6. The molecule has 0 saturated heterocycles. The van der Waals surface area contributed by atoms with Crippen LogP contribution >= 0.6 is 0 Å². The van der Waals surface area contributed by atoms with Crippen molar-refractivity contribution < 1.29 is 19.4 Å². The lowest BCUT2D eigenvalue weighted by molar-refractivity contribution is 0.0690. The second kappa shape index (κ2) is 4.74. The quantitative estimate of drug-likeness (QED) is 0.869. The van der Waals surface area contributed by atoms with E-state index in [1.807, 2.05) is 0 Å². The molecule has 7 heteroatoms. The summed E-state index contributed by atoms with van der Waals surface area (Å²) in [6.45, 7) is 0. The van der Waals surface area contributed by atoms with E-state index < -0.39 is 5.97 Å². The number of hydrogen-bond acceptors (Lipinski definition) is 5. The van der Waals surface area contributed by atoms with E-state index in [9.17, 15) is 4.79 Å². The lowest BCUT2D eigenvalue weighted by atomic mass is 10.3. The van der Waals surface area contributed by atoms with Crippen molar-refractivity contribution in [3.63, 3.8) is 0 Å². The minimum absolute atomic E-state index is 0.128. The Morgan fingerprint density at radius 1 is 1.22 bits per heavy atom. The van der Waals surface area contributed by atoms with Gasteiger partial charge in [0, 0.05) is 18.2 Å². The van der Waals surface area contributed by atoms with Crippen LogP contribution in [0.4, 0.5) is 0 Å². The van der Waals surface area contributed by atoms with Crippen LogP contribution in [0.25, 0.3) is 5.69 Å². The Hall–Kier alpha value is -2.57. The number of hydrogen-bond donors (Lipinski definition) is 1. The number of carbonyl (C=O) groups is 1. The number of carboxylic acid groups (broad SMARTS) is 1. The topological polar surface area (TPSA) is 86.5 Å². The first-order chi connectivity index (χ1) is 8.63. The number of ether oxygens (including phenoxy) is 2. The van der Waals surface area contributed by atoms with Crippen LogP contribution < -0.4 is 9.47 Å². The molecular formula is C11H11N3O4. The molecule has 1 aromatic carbocycles. The van der Waals surface area contributed by atoms with Gasteiger partial charge in [0.15, 0.2) is 5.69 Å². The summed E-state index contributed by atoms with van der Waals surface area (Å²) in [5.74, 6) is 0.0320. The Kier molecular flexibility index (Phi) is 3.13. The Labute approximate surface area is 103 Å². The predicted octanol–water partition coefficient (Wildman–Crippen LogP) is 0.983. The SMILES string of the molecule is COc1cc(OC)cc(-n2cc(C(=O)O)nn2)c1. The fourth-order valence-electron chi connectivity index (χ4n) is 1.41. The third-order valence-corrected chi connectivity index (χ3v) is 2.31. The summed E-state index contributed by atoms with van der Waals surface area (Å²) in [7, 11) is 3.06. The standard InChI is InChI=1S/C11H11N3O4/c1-17-8-3-7(4-9(5-8)18-2)14-6-10(11(15)16)12-13-14/h3-6H,1-2H3,(H,15,16). The second-order valence-electron chi connectivity index (χ2n) is 3.42.